The third kappa shape index (κ3) is 72.0. The second kappa shape index (κ2) is 89.8. The topological polar surface area (TPSA) is 154 Å². The van der Waals surface area contributed by atoms with E-state index < -0.39 is 21.4 Å². The van der Waals surface area contributed by atoms with Gasteiger partial charge in [0.15, 0.2) is 34.7 Å². The molecule has 0 N–H and O–H groups in total. The average molecular weight is 1980 g/mol. The van der Waals surface area contributed by atoms with Gasteiger partial charge in [-0.2, -0.15) is 0 Å². The Morgan fingerprint density at radius 2 is 0.246 bits per heavy atom. The number of unbranched alkanes of at least 4 members (excludes halogenated alkanes) is 45. The van der Waals surface area contributed by atoms with Crippen LogP contribution < -0.4 is 0 Å². The Morgan fingerprint density at radius 1 is 0.154 bits per heavy atom. The van der Waals surface area contributed by atoms with Crippen molar-refractivity contribution in [3.05, 3.63) is 215 Å². The second-order valence-corrected chi connectivity index (χ2v) is 47.2. The molecule has 0 unspecified atom stereocenters. The van der Waals surface area contributed by atoms with E-state index in [1.165, 1.54) is 347 Å². The number of ketones is 6. The minimum Gasteiger partial charge on any atom is -0.324 e. The summed E-state index contributed by atoms with van der Waals surface area (Å²) in [5.74, 6) is -0.836. The number of hydrogen-bond donors (Lipinski definition) is 0. The van der Waals surface area contributed by atoms with Crippen LogP contribution in [0, 0.1) is 49.4 Å². The molecule has 0 atom stereocenters. The van der Waals surface area contributed by atoms with Crippen LogP contribution in [0.4, 0.5) is 0 Å². The minimum atomic E-state index is -1.89. The molecule has 0 amide bonds. The number of benzene rings is 6. The van der Waals surface area contributed by atoms with E-state index >= 15 is 0 Å². The normalized spacial score (nSPS) is 11.1. The van der Waals surface area contributed by atoms with Crippen LogP contribution in [0.25, 0.3) is 0 Å². The molecular formula is C117H189EuO9P3+3. The Hall–Kier alpha value is -4.39. The number of carbonyl (C=O) groups excluding carboxylic acids is 6. The van der Waals surface area contributed by atoms with Crippen LogP contribution in [-0.4, -0.2) is 90.2 Å². The van der Waals surface area contributed by atoms with E-state index in [-0.39, 0.29) is 103 Å². The van der Waals surface area contributed by atoms with Gasteiger partial charge in [-0.05, 0) is 57.8 Å². The zero-order valence-corrected chi connectivity index (χ0v) is 89.5. The molecule has 0 fully saturated rings. The first-order chi connectivity index (χ1) is 62.9. The first kappa shape index (κ1) is 126. The van der Waals surface area contributed by atoms with Gasteiger partial charge in [-0.15, -0.1) is 0 Å². The van der Waals surface area contributed by atoms with Crippen molar-refractivity contribution in [3.8, 4) is 0 Å². The fourth-order valence-corrected chi connectivity index (χ4v) is 25.6. The fourth-order valence-electron chi connectivity index (χ4n) is 16.4. The van der Waals surface area contributed by atoms with Crippen LogP contribution in [0.5, 0.6) is 0 Å². The molecule has 0 saturated carbocycles. The molecule has 6 aromatic carbocycles. The molecule has 0 aromatic heterocycles. The molecule has 0 heterocycles. The molecule has 0 spiro atoms. The molecule has 0 aliphatic carbocycles. The van der Waals surface area contributed by atoms with Crippen molar-refractivity contribution in [2.75, 3.05) is 55.5 Å². The van der Waals surface area contributed by atoms with E-state index in [4.69, 9.17) is 0 Å². The summed E-state index contributed by atoms with van der Waals surface area (Å²) < 4.78 is 40.4. The first-order valence-corrected chi connectivity index (χ1v) is 59.9. The number of hydrogen-bond acceptors (Lipinski definition) is 9. The Bertz CT molecular complexity index is 3060. The predicted octanol–water partition coefficient (Wildman–Crippen LogP) is 37.7. The van der Waals surface area contributed by atoms with Gasteiger partial charge in [0.2, 0.25) is 0 Å². The summed E-state index contributed by atoms with van der Waals surface area (Å²) in [5.41, 5.74) is 3.48. The van der Waals surface area contributed by atoms with Crippen molar-refractivity contribution in [2.45, 2.75) is 428 Å². The van der Waals surface area contributed by atoms with Crippen molar-refractivity contribution in [1.82, 2.24) is 0 Å². The van der Waals surface area contributed by atoms with E-state index in [2.05, 4.69) is 62.3 Å². The van der Waals surface area contributed by atoms with Crippen molar-refractivity contribution in [3.63, 3.8) is 0 Å². The second-order valence-electron chi connectivity index (χ2n) is 36.9. The van der Waals surface area contributed by atoms with Crippen LogP contribution in [0.15, 0.2) is 182 Å². The smallest absolute Gasteiger partial charge is 0.324 e. The molecule has 6 rings (SSSR count). The van der Waals surface area contributed by atoms with Gasteiger partial charge in [0.05, 0.1) is 40.7 Å². The van der Waals surface area contributed by atoms with Gasteiger partial charge >= 0.3 is 49.4 Å². The van der Waals surface area contributed by atoms with Gasteiger partial charge < -0.3 is 13.7 Å². The van der Waals surface area contributed by atoms with E-state index in [9.17, 15) is 42.5 Å². The zero-order chi connectivity index (χ0) is 94.3. The van der Waals surface area contributed by atoms with E-state index in [0.717, 1.165) is 55.5 Å². The number of rotatable bonds is 75. The maximum Gasteiger partial charge on any atom is 3.00 e. The molecule has 13 heteroatoms. The fraction of sp³-hybridized carbons (Fsp3) is 0.641. The number of Topliss-reactive ketones (excluding diaryl/α,β-unsaturated/α-hetero) is 6. The Balaban J connectivity index is 0.00000155. The Kier molecular flexibility index (Phi) is 86.8. The third-order valence-corrected chi connectivity index (χ3v) is 35.0. The summed E-state index contributed by atoms with van der Waals surface area (Å²) in [4.78, 5) is 70.8. The van der Waals surface area contributed by atoms with Gasteiger partial charge in [-0.1, -0.05) is 533 Å². The largest absolute Gasteiger partial charge is 3.00 e. The standard InChI is InChI=1S/3C24H51OP.3C15H12O2.Eu/c3*1-4-7-10-13-16-19-22-26(25,23-20-17-14-11-8-5-2)24-21-18-15-12-9-6-3;3*16-14(12-7-3-1-4-8-12)11-15(17)13-9-5-2-6-10-13;/h3*4-24H2,1-3H3;3*1-10H,11H2;/q;;;;;;+3. The van der Waals surface area contributed by atoms with Crippen LogP contribution in [-0.2, 0) is 13.7 Å². The van der Waals surface area contributed by atoms with Gasteiger partial charge in [-0.3, -0.25) is 28.8 Å². The van der Waals surface area contributed by atoms with Crippen molar-refractivity contribution in [2.24, 2.45) is 0 Å². The summed E-state index contributed by atoms with van der Waals surface area (Å²) in [5, 5.41) is 0. The minimum absolute atomic E-state index is 0. The summed E-state index contributed by atoms with van der Waals surface area (Å²) in [6.45, 7) is 20.5. The van der Waals surface area contributed by atoms with E-state index in [1.54, 1.807) is 146 Å². The SMILES string of the molecule is CCCCCCCCP(=O)(CCCCCCCC)CCCCCCCC.CCCCCCCCP(=O)(CCCCCCCC)CCCCCCCC.CCCCCCCCP(=O)(CCCCCCCC)CCCCCCCC.O=C(CC(=O)c1ccccc1)c1ccccc1.O=C(CC(=O)c1ccccc1)c1ccccc1.O=C(CC(=O)c1ccccc1)c1ccccc1.[Eu+3]. The Labute approximate surface area is 839 Å². The average Bonchev–Trinajstić information content (AvgIpc) is 0.879. The maximum absolute atomic E-state index is 13.5. The molecule has 0 saturated heterocycles. The van der Waals surface area contributed by atoms with Crippen molar-refractivity contribution in [1.29, 1.82) is 0 Å². The molecule has 9 nitrogen and oxygen atoms in total. The summed E-state index contributed by atoms with van der Waals surface area (Å²) in [6, 6.07) is 53.2. The number of carbonyl (C=O) groups is 6. The molecule has 0 bridgehead atoms. The molecule has 130 heavy (non-hydrogen) atoms. The first-order valence-electron chi connectivity index (χ1n) is 53.1. The van der Waals surface area contributed by atoms with Crippen LogP contribution >= 0.6 is 21.4 Å². The van der Waals surface area contributed by atoms with Crippen LogP contribution in [0.3, 0.4) is 0 Å². The molecule has 6 aromatic rings. The maximum atomic E-state index is 13.5. The van der Waals surface area contributed by atoms with Crippen molar-refractivity contribution >= 4 is 56.1 Å². The van der Waals surface area contributed by atoms with Gasteiger partial charge in [0, 0.05) is 88.8 Å². The summed E-state index contributed by atoms with van der Waals surface area (Å²) in [7, 11) is -5.66. The summed E-state index contributed by atoms with van der Waals surface area (Å²) >= 11 is 0. The quantitative estimate of drug-likeness (QED) is 0.0157. The van der Waals surface area contributed by atoms with Gasteiger partial charge in [0.1, 0.15) is 0 Å². The summed E-state index contributed by atoms with van der Waals surface area (Å²) in [6.07, 6.45) is 80.5. The van der Waals surface area contributed by atoms with E-state index in [0.29, 0.717) is 33.4 Å². The monoisotopic (exact) mass is 1980 g/mol. The van der Waals surface area contributed by atoms with Crippen LogP contribution in [0.1, 0.15) is 490 Å². The Morgan fingerprint density at radius 3 is 0.346 bits per heavy atom. The van der Waals surface area contributed by atoms with Crippen molar-refractivity contribution < 1.29 is 91.8 Å². The predicted molar refractivity (Wildman–Crippen MR) is 565 cm³/mol. The third-order valence-electron chi connectivity index (χ3n) is 24.8. The van der Waals surface area contributed by atoms with E-state index in [1.807, 2.05) is 36.4 Å². The molecule has 0 radical (unpaired) electrons. The molecular weight excluding hydrogens is 1790 g/mol. The van der Waals surface area contributed by atoms with Crippen LogP contribution in [0.2, 0.25) is 0 Å². The zero-order valence-electron chi connectivity index (χ0n) is 84.4. The van der Waals surface area contributed by atoms with Gasteiger partial charge in [-0.25, -0.2) is 0 Å². The molecule has 0 aliphatic rings. The molecule has 730 valence electrons. The van der Waals surface area contributed by atoms with Gasteiger partial charge in [0.25, 0.3) is 0 Å². The molecule has 0 aliphatic heterocycles.